The van der Waals surface area contributed by atoms with Gasteiger partial charge in [0.1, 0.15) is 0 Å². The lowest BCUT2D eigenvalue weighted by molar-refractivity contribution is 0.0505. The molecule has 0 fully saturated rings. The molecule has 1 rings (SSSR count). The van der Waals surface area contributed by atoms with Crippen LogP contribution >= 0.6 is 0 Å². The maximum Gasteiger partial charge on any atom is 0.338 e. The van der Waals surface area contributed by atoms with Crippen molar-refractivity contribution >= 4 is 5.97 Å². The van der Waals surface area contributed by atoms with Gasteiger partial charge in [-0.2, -0.15) is 0 Å². The summed E-state index contributed by atoms with van der Waals surface area (Å²) in [5.74, 6) is -0.238. The average molecular weight is 180 g/mol. The standard InChI is InChI=1S/C10H12O2.CH4/c1-2-8-12-10(11)9-6-4-3-5-7-9;/h3-7H,2,8H2,1H3;1H4. The smallest absolute Gasteiger partial charge is 0.338 e. The van der Waals surface area contributed by atoms with Crippen LogP contribution in [0.5, 0.6) is 0 Å². The molecule has 0 spiro atoms. The van der Waals surface area contributed by atoms with Crippen molar-refractivity contribution in [3.8, 4) is 0 Å². The molecule has 0 N–H and O–H groups in total. The third kappa shape index (κ3) is 3.74. The SMILES string of the molecule is C.CCCOC(=O)c1ccccc1. The summed E-state index contributed by atoms with van der Waals surface area (Å²) in [5.41, 5.74) is 0.617. The molecule has 0 radical (unpaired) electrons. The Morgan fingerprint density at radius 2 is 1.92 bits per heavy atom. The van der Waals surface area contributed by atoms with Crippen molar-refractivity contribution in [2.45, 2.75) is 20.8 Å². The number of carbonyl (C=O) groups is 1. The minimum atomic E-state index is -0.238. The van der Waals surface area contributed by atoms with Crippen molar-refractivity contribution in [1.82, 2.24) is 0 Å². The number of esters is 1. The number of rotatable bonds is 3. The van der Waals surface area contributed by atoms with Crippen molar-refractivity contribution in [3.63, 3.8) is 0 Å². The van der Waals surface area contributed by atoms with E-state index in [0.717, 1.165) is 6.42 Å². The molecule has 0 unspecified atom stereocenters. The lowest BCUT2D eigenvalue weighted by Gasteiger charge is -2.01. The molecule has 0 saturated heterocycles. The summed E-state index contributed by atoms with van der Waals surface area (Å²) in [6.07, 6.45) is 0.860. The van der Waals surface area contributed by atoms with Gasteiger partial charge in [-0.25, -0.2) is 4.79 Å². The number of carbonyl (C=O) groups excluding carboxylic acids is 1. The van der Waals surface area contributed by atoms with Gasteiger partial charge in [-0.1, -0.05) is 32.5 Å². The lowest BCUT2D eigenvalue weighted by Crippen LogP contribution is -2.05. The van der Waals surface area contributed by atoms with Gasteiger partial charge < -0.3 is 4.74 Å². The summed E-state index contributed by atoms with van der Waals surface area (Å²) in [6.45, 7) is 2.46. The maximum absolute atomic E-state index is 11.2. The van der Waals surface area contributed by atoms with Gasteiger partial charge in [0.15, 0.2) is 0 Å². The molecule has 0 atom stereocenters. The summed E-state index contributed by atoms with van der Waals surface area (Å²) >= 11 is 0. The Balaban J connectivity index is 0.00000144. The third-order valence-electron chi connectivity index (χ3n) is 1.45. The molecular formula is C11H16O2. The molecule has 72 valence electrons. The van der Waals surface area contributed by atoms with E-state index in [9.17, 15) is 4.79 Å². The van der Waals surface area contributed by atoms with E-state index in [1.165, 1.54) is 0 Å². The van der Waals surface area contributed by atoms with Crippen LogP contribution in [0.4, 0.5) is 0 Å². The highest BCUT2D eigenvalue weighted by Crippen LogP contribution is 2.00. The first-order valence-electron chi connectivity index (χ1n) is 4.06. The van der Waals surface area contributed by atoms with Crippen molar-refractivity contribution in [2.24, 2.45) is 0 Å². The van der Waals surface area contributed by atoms with Crippen LogP contribution in [0.1, 0.15) is 31.1 Å². The molecule has 2 nitrogen and oxygen atoms in total. The zero-order valence-corrected chi connectivity index (χ0v) is 7.12. The summed E-state index contributed by atoms with van der Waals surface area (Å²) < 4.78 is 4.94. The van der Waals surface area contributed by atoms with Gasteiger partial charge >= 0.3 is 5.97 Å². The predicted molar refractivity (Wildman–Crippen MR) is 53.7 cm³/mol. The second-order valence-corrected chi connectivity index (χ2v) is 2.50. The predicted octanol–water partition coefficient (Wildman–Crippen LogP) is 2.89. The van der Waals surface area contributed by atoms with Gasteiger partial charge in [0.2, 0.25) is 0 Å². The van der Waals surface area contributed by atoms with Gasteiger partial charge in [-0.05, 0) is 18.6 Å². The number of benzene rings is 1. The Kier molecular flexibility index (Phi) is 5.60. The summed E-state index contributed by atoms with van der Waals surface area (Å²) in [4.78, 5) is 11.2. The summed E-state index contributed by atoms with van der Waals surface area (Å²) in [7, 11) is 0. The molecule has 0 aliphatic carbocycles. The zero-order chi connectivity index (χ0) is 8.81. The molecule has 0 aromatic heterocycles. The van der Waals surface area contributed by atoms with Crippen LogP contribution in [0.2, 0.25) is 0 Å². The molecule has 0 bridgehead atoms. The normalized spacial score (nSPS) is 8.69. The van der Waals surface area contributed by atoms with Crippen LogP contribution in [0, 0.1) is 0 Å². The van der Waals surface area contributed by atoms with E-state index in [1.807, 2.05) is 25.1 Å². The second-order valence-electron chi connectivity index (χ2n) is 2.50. The average Bonchev–Trinajstić information content (AvgIpc) is 2.15. The van der Waals surface area contributed by atoms with E-state index in [-0.39, 0.29) is 13.4 Å². The lowest BCUT2D eigenvalue weighted by atomic mass is 10.2. The Morgan fingerprint density at radius 1 is 1.31 bits per heavy atom. The largest absolute Gasteiger partial charge is 0.462 e. The second kappa shape index (κ2) is 6.23. The first kappa shape index (κ1) is 11.7. The third-order valence-corrected chi connectivity index (χ3v) is 1.45. The molecule has 0 aliphatic heterocycles. The van der Waals surface area contributed by atoms with Crippen molar-refractivity contribution in [1.29, 1.82) is 0 Å². The van der Waals surface area contributed by atoms with Crippen molar-refractivity contribution in [3.05, 3.63) is 35.9 Å². The Hall–Kier alpha value is -1.31. The Labute approximate surface area is 79.5 Å². The molecule has 0 amide bonds. The first-order chi connectivity index (χ1) is 5.84. The van der Waals surface area contributed by atoms with Crippen molar-refractivity contribution in [2.75, 3.05) is 6.61 Å². The van der Waals surface area contributed by atoms with Crippen LogP contribution < -0.4 is 0 Å². The molecule has 0 aliphatic rings. The highest BCUT2D eigenvalue weighted by atomic mass is 16.5. The molecule has 2 heteroatoms. The highest BCUT2D eigenvalue weighted by molar-refractivity contribution is 5.89. The minimum Gasteiger partial charge on any atom is -0.462 e. The van der Waals surface area contributed by atoms with Crippen LogP contribution in [-0.4, -0.2) is 12.6 Å². The highest BCUT2D eigenvalue weighted by Gasteiger charge is 2.03. The van der Waals surface area contributed by atoms with Crippen molar-refractivity contribution < 1.29 is 9.53 Å². The number of hydrogen-bond acceptors (Lipinski definition) is 2. The maximum atomic E-state index is 11.2. The molecule has 0 saturated carbocycles. The van der Waals surface area contributed by atoms with E-state index in [1.54, 1.807) is 12.1 Å². The molecule has 0 heterocycles. The Bertz CT molecular complexity index is 242. The number of ether oxygens (including phenoxy) is 1. The molecule has 13 heavy (non-hydrogen) atoms. The fraction of sp³-hybridized carbons (Fsp3) is 0.364. The molecular weight excluding hydrogens is 164 g/mol. The van der Waals surface area contributed by atoms with Crippen LogP contribution in [0.15, 0.2) is 30.3 Å². The van der Waals surface area contributed by atoms with Gasteiger partial charge in [0.05, 0.1) is 12.2 Å². The van der Waals surface area contributed by atoms with Gasteiger partial charge in [-0.15, -0.1) is 0 Å². The fourth-order valence-electron chi connectivity index (χ4n) is 0.852. The van der Waals surface area contributed by atoms with Gasteiger partial charge in [0.25, 0.3) is 0 Å². The Morgan fingerprint density at radius 3 is 2.46 bits per heavy atom. The van der Waals surface area contributed by atoms with Gasteiger partial charge in [0, 0.05) is 0 Å². The fourth-order valence-corrected chi connectivity index (χ4v) is 0.852. The molecule has 1 aromatic carbocycles. The monoisotopic (exact) mass is 180 g/mol. The van der Waals surface area contributed by atoms with Crippen LogP contribution in [-0.2, 0) is 4.74 Å². The van der Waals surface area contributed by atoms with E-state index < -0.39 is 0 Å². The molecule has 1 aromatic rings. The quantitative estimate of drug-likeness (QED) is 0.668. The van der Waals surface area contributed by atoms with E-state index in [2.05, 4.69) is 0 Å². The number of hydrogen-bond donors (Lipinski definition) is 0. The van der Waals surface area contributed by atoms with Gasteiger partial charge in [-0.3, -0.25) is 0 Å². The van der Waals surface area contributed by atoms with E-state index >= 15 is 0 Å². The minimum absolute atomic E-state index is 0. The zero-order valence-electron chi connectivity index (χ0n) is 7.12. The first-order valence-corrected chi connectivity index (χ1v) is 4.06. The summed E-state index contributed by atoms with van der Waals surface area (Å²) in [6, 6.07) is 9.01. The van der Waals surface area contributed by atoms with Crippen LogP contribution in [0.25, 0.3) is 0 Å². The van der Waals surface area contributed by atoms with E-state index in [0.29, 0.717) is 12.2 Å². The van der Waals surface area contributed by atoms with Crippen LogP contribution in [0.3, 0.4) is 0 Å². The topological polar surface area (TPSA) is 26.3 Å². The van der Waals surface area contributed by atoms with E-state index in [4.69, 9.17) is 4.74 Å². The summed E-state index contributed by atoms with van der Waals surface area (Å²) in [5, 5.41) is 0.